The molecule has 0 saturated carbocycles. The van der Waals surface area contributed by atoms with Crippen LogP contribution in [0, 0.1) is 0 Å². The van der Waals surface area contributed by atoms with Crippen LogP contribution < -0.4 is 9.64 Å². The zero-order valence-corrected chi connectivity index (χ0v) is 22.6. The quantitative estimate of drug-likeness (QED) is 0.280. The summed E-state index contributed by atoms with van der Waals surface area (Å²) >= 11 is 13.3. The van der Waals surface area contributed by atoms with E-state index in [0.717, 1.165) is 22.6 Å². The van der Waals surface area contributed by atoms with Crippen LogP contribution in [0.4, 0.5) is 5.69 Å². The van der Waals surface area contributed by atoms with Crippen molar-refractivity contribution < 1.29 is 9.30 Å². The molecule has 4 nitrogen and oxygen atoms in total. The van der Waals surface area contributed by atoms with Gasteiger partial charge >= 0.3 is 0 Å². The second kappa shape index (κ2) is 12.7. The van der Waals surface area contributed by atoms with E-state index in [2.05, 4.69) is 4.90 Å². The number of methoxy groups -OCH3 is 1. The van der Waals surface area contributed by atoms with Gasteiger partial charge in [0.1, 0.15) is 5.75 Å². The molecule has 8 heteroatoms. The second-order valence-corrected chi connectivity index (χ2v) is 11.2. The summed E-state index contributed by atoms with van der Waals surface area (Å²) in [5.74, 6) is 4.18. The molecule has 35 heavy (non-hydrogen) atoms. The van der Waals surface area contributed by atoms with Gasteiger partial charge in [0.15, 0.2) is 7.29 Å². The van der Waals surface area contributed by atoms with Crippen molar-refractivity contribution in [3.8, 4) is 5.75 Å². The average Bonchev–Trinajstić information content (AvgIpc) is 2.89. The summed E-state index contributed by atoms with van der Waals surface area (Å²) in [4.78, 5) is 2.25. The molecule has 0 N–H and O–H groups in total. The van der Waals surface area contributed by atoms with E-state index >= 15 is 0 Å². The minimum Gasteiger partial charge on any atom is -0.495 e. The van der Waals surface area contributed by atoms with Gasteiger partial charge in [-0.15, -0.1) is 12.4 Å². The predicted octanol–water partition coefficient (Wildman–Crippen LogP) is 7.99. The van der Waals surface area contributed by atoms with E-state index in [1.165, 1.54) is 0 Å². The average molecular weight is 550 g/mol. The highest BCUT2D eigenvalue weighted by molar-refractivity contribution is 7.68. The molecule has 0 aliphatic carbocycles. The van der Waals surface area contributed by atoms with E-state index in [-0.39, 0.29) is 12.4 Å². The maximum atomic E-state index is 14.5. The van der Waals surface area contributed by atoms with Crippen LogP contribution in [0.15, 0.2) is 96.6 Å². The first-order chi connectivity index (χ1) is 16.5. The van der Waals surface area contributed by atoms with Crippen molar-refractivity contribution >= 4 is 58.7 Å². The summed E-state index contributed by atoms with van der Waals surface area (Å²) in [5, 5.41) is 0.898. The largest absolute Gasteiger partial charge is 0.495 e. The maximum absolute atomic E-state index is 14.5. The van der Waals surface area contributed by atoms with Crippen molar-refractivity contribution in [3.05, 3.63) is 108 Å². The Morgan fingerprint density at radius 1 is 0.771 bits per heavy atom. The highest BCUT2D eigenvalue weighted by Crippen LogP contribution is 2.57. The van der Waals surface area contributed by atoms with Crippen LogP contribution in [0.2, 0.25) is 0 Å². The summed E-state index contributed by atoms with van der Waals surface area (Å²) in [6.45, 7) is 2.61. The van der Waals surface area contributed by atoms with Crippen LogP contribution in [0.3, 0.4) is 0 Å². The van der Waals surface area contributed by atoms with Crippen molar-refractivity contribution in [1.29, 1.82) is 0 Å². The van der Waals surface area contributed by atoms with Gasteiger partial charge in [-0.25, -0.2) is 4.67 Å². The number of anilines is 1. The molecule has 0 radical (unpaired) electrons. The van der Waals surface area contributed by atoms with Crippen molar-refractivity contribution in [2.24, 2.45) is 0 Å². The third-order valence-electron chi connectivity index (χ3n) is 5.82. The number of benzene rings is 3. The number of para-hydroxylation sites is 2. The van der Waals surface area contributed by atoms with E-state index in [0.29, 0.717) is 36.2 Å². The van der Waals surface area contributed by atoms with Crippen LogP contribution in [0.5, 0.6) is 5.75 Å². The molecular weight excluding hydrogens is 522 g/mol. The first kappa shape index (κ1) is 27.4. The van der Waals surface area contributed by atoms with E-state index in [1.54, 1.807) is 18.7 Å². The molecule has 0 amide bonds. The van der Waals surface area contributed by atoms with Crippen LogP contribution in [-0.2, 0) is 4.57 Å². The van der Waals surface area contributed by atoms with Gasteiger partial charge in [0, 0.05) is 37.8 Å². The first-order valence-electron chi connectivity index (χ1n) is 11.1. The van der Waals surface area contributed by atoms with Crippen LogP contribution >= 0.6 is 42.9 Å². The normalized spacial score (nSPS) is 16.8. The number of piperazine rings is 1. The van der Waals surface area contributed by atoms with Crippen molar-refractivity contribution in [2.75, 3.05) is 38.2 Å². The molecule has 3 aromatic rings. The molecule has 3 aromatic carbocycles. The number of hydrogen-bond acceptors (Lipinski definition) is 3. The molecule has 0 spiro atoms. The van der Waals surface area contributed by atoms with Crippen LogP contribution in [0.1, 0.15) is 11.1 Å². The van der Waals surface area contributed by atoms with Gasteiger partial charge in [0.25, 0.3) is 0 Å². The lowest BCUT2D eigenvalue weighted by Gasteiger charge is -2.38. The fraction of sp³-hybridized carbons (Fsp3) is 0.185. The fourth-order valence-corrected chi connectivity index (χ4v) is 7.25. The van der Waals surface area contributed by atoms with Gasteiger partial charge in [-0.05, 0) is 23.3 Å². The molecule has 1 aliphatic heterocycles. The van der Waals surface area contributed by atoms with Crippen LogP contribution in [0.25, 0.3) is 10.1 Å². The van der Waals surface area contributed by atoms with Gasteiger partial charge in [0.2, 0.25) is 0 Å². The molecule has 0 aromatic heterocycles. The van der Waals surface area contributed by atoms with Gasteiger partial charge in [-0.1, -0.05) is 96.0 Å². The SMILES string of the molecule is COc1ccccc1N1CCN(P(=O)(C=C(Cl)c2ccccc2)C=C(Cl)c2ccccc2)CC1.Cl. The topological polar surface area (TPSA) is 32.8 Å². The van der Waals surface area contributed by atoms with Crippen LogP contribution in [-0.4, -0.2) is 38.0 Å². The minimum absolute atomic E-state index is 0. The summed E-state index contributed by atoms with van der Waals surface area (Å²) < 4.78 is 22.0. The van der Waals surface area contributed by atoms with E-state index in [9.17, 15) is 4.57 Å². The number of rotatable bonds is 7. The Balaban J connectivity index is 0.00000342. The Morgan fingerprint density at radius 3 is 1.71 bits per heavy atom. The summed E-state index contributed by atoms with van der Waals surface area (Å²) in [7, 11) is -1.51. The molecular formula is C27H28Cl3N2O2P. The molecule has 0 unspecified atom stereocenters. The smallest absolute Gasteiger partial charge is 0.196 e. The van der Waals surface area contributed by atoms with Crippen molar-refractivity contribution in [1.82, 2.24) is 4.67 Å². The lowest BCUT2D eigenvalue weighted by atomic mass is 10.2. The third-order valence-corrected chi connectivity index (χ3v) is 9.32. The number of ether oxygens (including phenoxy) is 1. The third kappa shape index (κ3) is 6.73. The lowest BCUT2D eigenvalue weighted by Crippen LogP contribution is -2.44. The molecule has 0 atom stereocenters. The number of hydrogen-bond donors (Lipinski definition) is 0. The number of nitrogens with zero attached hydrogens (tertiary/aromatic N) is 2. The Morgan fingerprint density at radius 2 is 1.23 bits per heavy atom. The Labute approximate surface area is 223 Å². The lowest BCUT2D eigenvalue weighted by molar-refractivity contribution is 0.384. The molecule has 184 valence electrons. The van der Waals surface area contributed by atoms with Gasteiger partial charge in [0.05, 0.1) is 22.9 Å². The maximum Gasteiger partial charge on any atom is 0.196 e. The number of halogens is 3. The van der Waals surface area contributed by atoms with Crippen molar-refractivity contribution in [2.45, 2.75) is 0 Å². The summed E-state index contributed by atoms with van der Waals surface area (Å²) in [6.07, 6.45) is 0. The van der Waals surface area contributed by atoms with Gasteiger partial charge < -0.3 is 9.64 Å². The molecule has 1 heterocycles. The molecule has 1 fully saturated rings. The monoisotopic (exact) mass is 548 g/mol. The second-order valence-electron chi connectivity index (χ2n) is 7.97. The van der Waals surface area contributed by atoms with E-state index < -0.39 is 7.29 Å². The summed E-state index contributed by atoms with van der Waals surface area (Å²) in [6, 6.07) is 27.1. The van der Waals surface area contributed by atoms with Gasteiger partial charge in [-0.3, -0.25) is 4.57 Å². The molecule has 1 aliphatic rings. The molecule has 4 rings (SSSR count). The zero-order valence-electron chi connectivity index (χ0n) is 19.4. The molecule has 0 bridgehead atoms. The highest BCUT2D eigenvalue weighted by atomic mass is 35.5. The van der Waals surface area contributed by atoms with E-state index in [4.69, 9.17) is 27.9 Å². The highest BCUT2D eigenvalue weighted by Gasteiger charge is 2.31. The first-order valence-corrected chi connectivity index (χ1v) is 13.7. The van der Waals surface area contributed by atoms with Gasteiger partial charge in [-0.2, -0.15) is 0 Å². The fourth-order valence-electron chi connectivity index (χ4n) is 4.01. The standard InChI is InChI=1S/C27H27Cl2N2O2P.ClH/c1-33-27-15-9-8-14-26(27)30-16-18-31(19-17-30)34(32,20-24(28)22-10-4-2-5-11-22)21-25(29)23-12-6-3-7-13-23;/h2-15,20-21H,16-19H2,1H3;1H. The summed E-state index contributed by atoms with van der Waals surface area (Å²) in [5.41, 5.74) is 2.68. The Kier molecular flexibility index (Phi) is 9.91. The van der Waals surface area contributed by atoms with Crippen molar-refractivity contribution in [3.63, 3.8) is 0 Å². The minimum atomic E-state index is -3.19. The molecule has 1 saturated heterocycles. The van der Waals surface area contributed by atoms with E-state index in [1.807, 2.05) is 89.6 Å². The Hall–Kier alpha value is -2.20. The zero-order chi connectivity index (χ0) is 24.0. The Bertz CT molecular complexity index is 1150. The predicted molar refractivity (Wildman–Crippen MR) is 152 cm³/mol.